The summed E-state index contributed by atoms with van der Waals surface area (Å²) in [6.45, 7) is 2.22. The molecule has 1 saturated heterocycles. The zero-order valence-electron chi connectivity index (χ0n) is 9.70. The van der Waals surface area contributed by atoms with Crippen LogP contribution in [0.4, 0.5) is 8.78 Å². The van der Waals surface area contributed by atoms with E-state index in [1.54, 1.807) is 0 Å². The largest absolute Gasteiger partial charge is 0.396 e. The average molecular weight is 241 g/mol. The van der Waals surface area contributed by atoms with Crippen molar-refractivity contribution in [3.05, 3.63) is 35.4 Å². The molecule has 1 aromatic carbocycles. The predicted octanol–water partition coefficient (Wildman–Crippen LogP) is 2.17. The van der Waals surface area contributed by atoms with E-state index in [2.05, 4.69) is 4.90 Å². The highest BCUT2D eigenvalue weighted by atomic mass is 19.1. The third kappa shape index (κ3) is 3.23. The van der Waals surface area contributed by atoms with E-state index in [1.165, 1.54) is 6.07 Å². The summed E-state index contributed by atoms with van der Waals surface area (Å²) in [6, 6.07) is 3.54. The van der Waals surface area contributed by atoms with Crippen molar-refractivity contribution in [2.75, 3.05) is 19.7 Å². The maximum atomic E-state index is 13.5. The first-order valence-corrected chi connectivity index (χ1v) is 5.96. The molecule has 0 saturated carbocycles. The number of aliphatic hydroxyl groups excluding tert-OH is 1. The van der Waals surface area contributed by atoms with Gasteiger partial charge in [-0.15, -0.1) is 0 Å². The summed E-state index contributed by atoms with van der Waals surface area (Å²) in [5.74, 6) is -0.505. The Kier molecular flexibility index (Phi) is 4.07. The molecule has 17 heavy (non-hydrogen) atoms. The van der Waals surface area contributed by atoms with E-state index in [0.29, 0.717) is 12.1 Å². The SMILES string of the molecule is OC[C@@H]1CCCN(Cc2cc(F)ccc2F)C1. The predicted molar refractivity (Wildman–Crippen MR) is 61.4 cm³/mol. The minimum absolute atomic E-state index is 0.169. The van der Waals surface area contributed by atoms with Crippen molar-refractivity contribution in [3.8, 4) is 0 Å². The third-order valence-electron chi connectivity index (χ3n) is 3.26. The summed E-state index contributed by atoms with van der Waals surface area (Å²) >= 11 is 0. The maximum absolute atomic E-state index is 13.5. The number of halogens is 2. The van der Waals surface area contributed by atoms with Crippen molar-refractivity contribution in [2.45, 2.75) is 19.4 Å². The molecule has 94 valence electrons. The Morgan fingerprint density at radius 1 is 1.35 bits per heavy atom. The summed E-state index contributed by atoms with van der Waals surface area (Å²) in [5.41, 5.74) is 0.392. The van der Waals surface area contributed by atoms with E-state index >= 15 is 0 Å². The topological polar surface area (TPSA) is 23.5 Å². The van der Waals surface area contributed by atoms with Crippen LogP contribution in [0.1, 0.15) is 18.4 Å². The highest BCUT2D eigenvalue weighted by molar-refractivity contribution is 5.18. The Morgan fingerprint density at radius 3 is 2.94 bits per heavy atom. The number of aliphatic hydroxyl groups is 1. The van der Waals surface area contributed by atoms with Crippen molar-refractivity contribution < 1.29 is 13.9 Å². The van der Waals surface area contributed by atoms with Crippen molar-refractivity contribution in [1.82, 2.24) is 4.90 Å². The molecule has 1 fully saturated rings. The average Bonchev–Trinajstić information content (AvgIpc) is 2.34. The van der Waals surface area contributed by atoms with E-state index in [1.807, 2.05) is 0 Å². The van der Waals surface area contributed by atoms with Gasteiger partial charge in [0.2, 0.25) is 0 Å². The molecule has 1 atom stereocenters. The quantitative estimate of drug-likeness (QED) is 0.876. The molecule has 0 aliphatic carbocycles. The van der Waals surface area contributed by atoms with Crippen LogP contribution in [0.2, 0.25) is 0 Å². The Balaban J connectivity index is 2.02. The van der Waals surface area contributed by atoms with Crippen molar-refractivity contribution in [3.63, 3.8) is 0 Å². The molecule has 1 aliphatic rings. The fourth-order valence-electron chi connectivity index (χ4n) is 2.35. The number of piperidine rings is 1. The van der Waals surface area contributed by atoms with Crippen LogP contribution in [-0.4, -0.2) is 29.7 Å². The highest BCUT2D eigenvalue weighted by Crippen LogP contribution is 2.19. The Hall–Kier alpha value is -1.00. The number of hydrogen-bond donors (Lipinski definition) is 1. The van der Waals surface area contributed by atoms with Crippen molar-refractivity contribution in [1.29, 1.82) is 0 Å². The first kappa shape index (κ1) is 12.5. The van der Waals surface area contributed by atoms with Gasteiger partial charge < -0.3 is 5.11 Å². The molecule has 2 rings (SSSR count). The molecule has 4 heteroatoms. The van der Waals surface area contributed by atoms with Gasteiger partial charge >= 0.3 is 0 Å². The maximum Gasteiger partial charge on any atom is 0.127 e. The lowest BCUT2D eigenvalue weighted by Gasteiger charge is -2.31. The minimum Gasteiger partial charge on any atom is -0.396 e. The van der Waals surface area contributed by atoms with Crippen molar-refractivity contribution in [2.24, 2.45) is 5.92 Å². The van der Waals surface area contributed by atoms with Crippen LogP contribution in [0.25, 0.3) is 0 Å². The molecule has 1 N–H and O–H groups in total. The number of likely N-dealkylation sites (tertiary alicyclic amines) is 1. The lowest BCUT2D eigenvalue weighted by molar-refractivity contribution is 0.115. The Labute approximate surface area is 99.9 Å². The van der Waals surface area contributed by atoms with Gasteiger partial charge in [-0.3, -0.25) is 4.90 Å². The van der Waals surface area contributed by atoms with Gasteiger partial charge in [-0.05, 0) is 43.5 Å². The number of rotatable bonds is 3. The molecule has 0 unspecified atom stereocenters. The normalized spacial score (nSPS) is 21.7. The van der Waals surface area contributed by atoms with Crippen LogP contribution in [-0.2, 0) is 6.54 Å². The molecule has 1 aromatic rings. The molecule has 1 aliphatic heterocycles. The summed E-state index contributed by atoms with van der Waals surface area (Å²) in [4.78, 5) is 2.07. The molecule has 0 bridgehead atoms. The van der Waals surface area contributed by atoms with Gasteiger partial charge in [0.15, 0.2) is 0 Å². The van der Waals surface area contributed by atoms with Gasteiger partial charge in [0.05, 0.1) is 0 Å². The van der Waals surface area contributed by atoms with E-state index in [9.17, 15) is 8.78 Å². The van der Waals surface area contributed by atoms with E-state index < -0.39 is 5.82 Å². The number of benzene rings is 1. The zero-order valence-corrected chi connectivity index (χ0v) is 9.70. The fourth-order valence-corrected chi connectivity index (χ4v) is 2.35. The lowest BCUT2D eigenvalue weighted by Crippen LogP contribution is -2.36. The standard InChI is InChI=1S/C13H17F2NO/c14-12-3-4-13(15)11(6-12)8-16-5-1-2-10(7-16)9-17/h3-4,6,10,17H,1-2,5,7-9H2/t10-/m1/s1. The van der Waals surface area contributed by atoms with Gasteiger partial charge in [-0.2, -0.15) is 0 Å². The van der Waals surface area contributed by atoms with Crippen LogP contribution in [0.5, 0.6) is 0 Å². The monoisotopic (exact) mass is 241 g/mol. The van der Waals surface area contributed by atoms with Gasteiger partial charge in [-0.25, -0.2) is 8.78 Å². The van der Waals surface area contributed by atoms with Gasteiger partial charge in [0.1, 0.15) is 11.6 Å². The molecular weight excluding hydrogens is 224 g/mol. The second kappa shape index (κ2) is 5.56. The Morgan fingerprint density at radius 2 is 2.18 bits per heavy atom. The van der Waals surface area contributed by atoms with Crippen LogP contribution in [0.3, 0.4) is 0 Å². The van der Waals surface area contributed by atoms with Crippen molar-refractivity contribution >= 4 is 0 Å². The van der Waals surface area contributed by atoms with E-state index in [0.717, 1.165) is 38.1 Å². The van der Waals surface area contributed by atoms with Crippen LogP contribution in [0, 0.1) is 17.6 Å². The Bertz CT molecular complexity index is 384. The first-order chi connectivity index (χ1) is 8.19. The second-order valence-corrected chi connectivity index (χ2v) is 4.66. The van der Waals surface area contributed by atoms with Gasteiger partial charge in [0, 0.05) is 25.3 Å². The van der Waals surface area contributed by atoms with Gasteiger partial charge in [0.25, 0.3) is 0 Å². The molecule has 2 nitrogen and oxygen atoms in total. The fraction of sp³-hybridized carbons (Fsp3) is 0.538. The summed E-state index contributed by atoms with van der Waals surface area (Å²) in [5, 5.41) is 9.11. The second-order valence-electron chi connectivity index (χ2n) is 4.66. The van der Waals surface area contributed by atoms with E-state index in [4.69, 9.17) is 5.11 Å². The molecule has 0 amide bonds. The lowest BCUT2D eigenvalue weighted by atomic mass is 9.98. The highest BCUT2D eigenvalue weighted by Gasteiger charge is 2.20. The first-order valence-electron chi connectivity index (χ1n) is 5.96. The van der Waals surface area contributed by atoms with Crippen LogP contribution in [0.15, 0.2) is 18.2 Å². The van der Waals surface area contributed by atoms with Crippen LogP contribution < -0.4 is 0 Å². The number of hydrogen-bond acceptors (Lipinski definition) is 2. The third-order valence-corrected chi connectivity index (χ3v) is 3.26. The number of nitrogens with zero attached hydrogens (tertiary/aromatic N) is 1. The summed E-state index contributed by atoms with van der Waals surface area (Å²) < 4.78 is 26.5. The molecule has 0 spiro atoms. The molecular formula is C13H17F2NO. The van der Waals surface area contributed by atoms with E-state index in [-0.39, 0.29) is 18.3 Å². The van der Waals surface area contributed by atoms with Gasteiger partial charge in [-0.1, -0.05) is 0 Å². The molecule has 0 aromatic heterocycles. The zero-order chi connectivity index (χ0) is 12.3. The minimum atomic E-state index is -0.405. The summed E-state index contributed by atoms with van der Waals surface area (Å²) in [7, 11) is 0. The molecule has 1 heterocycles. The molecule has 0 radical (unpaired) electrons. The summed E-state index contributed by atoms with van der Waals surface area (Å²) in [6.07, 6.45) is 2.01. The smallest absolute Gasteiger partial charge is 0.127 e. The van der Waals surface area contributed by atoms with Crippen LogP contribution >= 0.6 is 0 Å².